The van der Waals surface area contributed by atoms with E-state index in [0.29, 0.717) is 35.1 Å². The Morgan fingerprint density at radius 3 is 2.37 bits per heavy atom. The first kappa shape index (κ1) is 24.9. The molecule has 0 N–H and O–H groups in total. The molecule has 6 heteroatoms. The van der Waals surface area contributed by atoms with E-state index in [1.165, 1.54) is 13.2 Å². The molecule has 38 heavy (non-hydrogen) atoms. The van der Waals surface area contributed by atoms with E-state index in [2.05, 4.69) is 0 Å². The monoisotopic (exact) mass is 515 g/mol. The third kappa shape index (κ3) is 3.96. The lowest BCUT2D eigenvalue weighted by Gasteiger charge is -2.61. The van der Waals surface area contributed by atoms with Gasteiger partial charge in [-0.15, -0.1) is 0 Å². The van der Waals surface area contributed by atoms with Crippen LogP contribution in [0.25, 0.3) is 5.69 Å². The predicted octanol–water partition coefficient (Wildman–Crippen LogP) is 6.51. The maximum Gasteiger partial charge on any atom is 0.312 e. The van der Waals surface area contributed by atoms with Crippen molar-refractivity contribution in [1.29, 1.82) is 0 Å². The summed E-state index contributed by atoms with van der Waals surface area (Å²) < 4.78 is 28.3. The van der Waals surface area contributed by atoms with Crippen LogP contribution < -0.4 is 4.74 Å². The Labute approximate surface area is 223 Å². The Hall–Kier alpha value is -3.41. The Kier molecular flexibility index (Phi) is 5.97. The number of aromatic nitrogens is 1. The van der Waals surface area contributed by atoms with E-state index in [4.69, 9.17) is 9.47 Å². The number of carbonyl (C=O) groups excluding carboxylic acids is 2. The molecule has 7 rings (SSSR count). The highest BCUT2D eigenvalue weighted by atomic mass is 19.1. The Morgan fingerprint density at radius 2 is 1.71 bits per heavy atom. The van der Waals surface area contributed by atoms with Gasteiger partial charge in [0.2, 0.25) is 5.78 Å². The maximum absolute atomic E-state index is 15.3. The molecule has 4 atom stereocenters. The van der Waals surface area contributed by atoms with Crippen molar-refractivity contribution in [1.82, 2.24) is 4.57 Å². The molecule has 4 bridgehead atoms. The number of aryl methyl sites for hydroxylation is 1. The van der Waals surface area contributed by atoms with Crippen LogP contribution in [0.5, 0.6) is 5.75 Å². The van der Waals surface area contributed by atoms with Crippen molar-refractivity contribution in [3.8, 4) is 11.4 Å². The van der Waals surface area contributed by atoms with E-state index in [1.807, 2.05) is 66.9 Å². The van der Waals surface area contributed by atoms with Crippen molar-refractivity contribution >= 4 is 11.8 Å². The number of carbonyl (C=O) groups is 2. The largest absolute Gasteiger partial charge is 0.497 e. The Balaban J connectivity index is 1.22. The molecule has 1 aromatic heterocycles. The predicted molar refractivity (Wildman–Crippen MR) is 142 cm³/mol. The van der Waals surface area contributed by atoms with Gasteiger partial charge in [0.15, 0.2) is 6.61 Å². The molecular weight excluding hydrogens is 481 g/mol. The van der Waals surface area contributed by atoms with Crippen LogP contribution in [0.4, 0.5) is 4.39 Å². The quantitative estimate of drug-likeness (QED) is 0.266. The summed E-state index contributed by atoms with van der Waals surface area (Å²) in [4.78, 5) is 26.9. The molecule has 2 aromatic carbocycles. The zero-order chi connectivity index (χ0) is 26.7. The Morgan fingerprint density at radius 1 is 1.00 bits per heavy atom. The average molecular weight is 516 g/mol. The van der Waals surface area contributed by atoms with Crippen LogP contribution in [-0.2, 0) is 14.9 Å². The molecule has 4 fully saturated rings. The van der Waals surface area contributed by atoms with E-state index in [9.17, 15) is 9.59 Å². The molecule has 4 aliphatic rings. The standard InChI is InChI=1S/C32H34FNO4/c1-20-11-26(21(2)34(20)24-7-5-4-6-8-24)29(35)18-38-30(36)32-16-22-12-23(17-32)15-31(14-22,19-32)27-10-9-25(37-3)13-28(27)33/h4-11,13,22-23H,12,14-19H2,1-3H3/t22-,23+,31?,32?. The second-order valence-corrected chi connectivity index (χ2v) is 11.8. The number of esters is 1. The van der Waals surface area contributed by atoms with E-state index in [1.54, 1.807) is 0 Å². The van der Waals surface area contributed by atoms with E-state index in [-0.39, 0.29) is 29.6 Å². The molecule has 0 radical (unpaired) electrons. The fourth-order valence-electron chi connectivity index (χ4n) is 8.25. The van der Waals surface area contributed by atoms with Gasteiger partial charge >= 0.3 is 5.97 Å². The van der Waals surface area contributed by atoms with E-state index in [0.717, 1.165) is 49.2 Å². The molecular formula is C32H34FNO4. The smallest absolute Gasteiger partial charge is 0.312 e. The minimum absolute atomic E-state index is 0.200. The molecule has 4 aliphatic carbocycles. The highest BCUT2D eigenvalue weighted by Crippen LogP contribution is 2.66. The van der Waals surface area contributed by atoms with Crippen molar-refractivity contribution in [3.63, 3.8) is 0 Å². The van der Waals surface area contributed by atoms with Crippen LogP contribution in [0.3, 0.4) is 0 Å². The molecule has 0 spiro atoms. The number of ketones is 1. The lowest BCUT2D eigenvalue weighted by molar-refractivity contribution is -0.173. The summed E-state index contributed by atoms with van der Waals surface area (Å²) in [5.74, 6) is 0.468. The van der Waals surface area contributed by atoms with E-state index < -0.39 is 5.41 Å². The van der Waals surface area contributed by atoms with Gasteiger partial charge in [-0.2, -0.15) is 0 Å². The van der Waals surface area contributed by atoms with Crippen molar-refractivity contribution in [2.75, 3.05) is 13.7 Å². The van der Waals surface area contributed by atoms with Gasteiger partial charge in [-0.05, 0) is 99.5 Å². The van der Waals surface area contributed by atoms with Crippen molar-refractivity contribution < 1.29 is 23.5 Å². The molecule has 0 amide bonds. The van der Waals surface area contributed by atoms with Crippen LogP contribution in [0, 0.1) is 36.9 Å². The molecule has 3 aromatic rings. The zero-order valence-corrected chi connectivity index (χ0v) is 22.3. The van der Waals surface area contributed by atoms with Gasteiger partial charge in [-0.25, -0.2) is 4.39 Å². The minimum atomic E-state index is -0.655. The lowest BCUT2D eigenvalue weighted by atomic mass is 9.43. The summed E-state index contributed by atoms with van der Waals surface area (Å²) in [5.41, 5.74) is 3.01. The number of para-hydroxylation sites is 1. The summed E-state index contributed by atoms with van der Waals surface area (Å²) >= 11 is 0. The van der Waals surface area contributed by atoms with Gasteiger partial charge in [-0.3, -0.25) is 9.59 Å². The molecule has 0 saturated heterocycles. The van der Waals surface area contributed by atoms with Crippen LogP contribution in [0.15, 0.2) is 54.6 Å². The van der Waals surface area contributed by atoms with Crippen LogP contribution in [0.2, 0.25) is 0 Å². The van der Waals surface area contributed by atoms with Crippen molar-refractivity contribution in [2.24, 2.45) is 17.3 Å². The average Bonchev–Trinajstić information content (AvgIpc) is 3.20. The van der Waals surface area contributed by atoms with Gasteiger partial charge in [0.1, 0.15) is 11.6 Å². The van der Waals surface area contributed by atoms with Gasteiger partial charge in [0, 0.05) is 28.7 Å². The molecule has 5 nitrogen and oxygen atoms in total. The third-order valence-corrected chi connectivity index (χ3v) is 9.32. The first-order valence-corrected chi connectivity index (χ1v) is 13.5. The lowest BCUT2D eigenvalue weighted by Crippen LogP contribution is -2.57. The number of hydrogen-bond acceptors (Lipinski definition) is 4. The molecule has 198 valence electrons. The summed E-state index contributed by atoms with van der Waals surface area (Å²) in [5, 5.41) is 0. The van der Waals surface area contributed by atoms with Crippen LogP contribution in [0.1, 0.15) is 65.8 Å². The number of ether oxygens (including phenoxy) is 2. The fraction of sp³-hybridized carbons (Fsp3) is 0.438. The molecule has 4 saturated carbocycles. The number of methoxy groups -OCH3 is 1. The van der Waals surface area contributed by atoms with Gasteiger partial charge < -0.3 is 14.0 Å². The van der Waals surface area contributed by atoms with E-state index >= 15 is 4.39 Å². The number of Topliss-reactive ketones (excluding diaryl/α,β-unsaturated/α-hetero) is 1. The highest BCUT2D eigenvalue weighted by Gasteiger charge is 2.62. The second kappa shape index (κ2) is 9.11. The van der Waals surface area contributed by atoms with Crippen LogP contribution >= 0.6 is 0 Å². The highest BCUT2D eigenvalue weighted by molar-refractivity contribution is 5.99. The third-order valence-electron chi connectivity index (χ3n) is 9.32. The minimum Gasteiger partial charge on any atom is -0.497 e. The van der Waals surface area contributed by atoms with Crippen molar-refractivity contribution in [2.45, 2.75) is 57.8 Å². The topological polar surface area (TPSA) is 57.5 Å². The summed E-state index contributed by atoms with van der Waals surface area (Å²) in [6.07, 6.45) is 4.97. The number of rotatable bonds is 7. The van der Waals surface area contributed by atoms with Gasteiger partial charge in [0.25, 0.3) is 0 Å². The first-order chi connectivity index (χ1) is 18.2. The van der Waals surface area contributed by atoms with Crippen LogP contribution in [-0.4, -0.2) is 30.0 Å². The Bertz CT molecular complexity index is 1390. The van der Waals surface area contributed by atoms with Crippen molar-refractivity contribution in [3.05, 3.63) is 82.9 Å². The number of hydrogen-bond donors (Lipinski definition) is 0. The maximum atomic E-state index is 15.3. The van der Waals surface area contributed by atoms with Gasteiger partial charge in [-0.1, -0.05) is 24.3 Å². The second-order valence-electron chi connectivity index (χ2n) is 11.8. The zero-order valence-electron chi connectivity index (χ0n) is 22.3. The normalized spacial score (nSPS) is 27.4. The number of halogens is 1. The summed E-state index contributed by atoms with van der Waals surface area (Å²) in [6.45, 7) is 3.61. The van der Waals surface area contributed by atoms with Gasteiger partial charge in [0.05, 0.1) is 12.5 Å². The fourth-order valence-corrected chi connectivity index (χ4v) is 8.25. The SMILES string of the molecule is COc1ccc(C23C[C@@H]4C[C@@H](CC(C(=O)OCC(=O)c5cc(C)n(-c6ccccc6)c5C)(C4)C2)C3)c(F)c1. The summed E-state index contributed by atoms with van der Waals surface area (Å²) in [6, 6.07) is 16.9. The first-order valence-electron chi connectivity index (χ1n) is 13.5. The number of nitrogens with zero attached hydrogens (tertiary/aromatic N) is 1. The molecule has 2 unspecified atom stereocenters. The summed E-state index contributed by atoms with van der Waals surface area (Å²) in [7, 11) is 1.53. The molecule has 1 heterocycles. The number of benzene rings is 2. The molecule has 0 aliphatic heterocycles.